The molecule has 2 aromatic rings. The summed E-state index contributed by atoms with van der Waals surface area (Å²) < 4.78 is 24.3. The molecule has 2 heterocycles. The van der Waals surface area contributed by atoms with Crippen molar-refractivity contribution < 1.29 is 13.2 Å². The van der Waals surface area contributed by atoms with Crippen LogP contribution in [0.25, 0.3) is 10.8 Å². The van der Waals surface area contributed by atoms with Crippen molar-refractivity contribution in [2.24, 2.45) is 5.92 Å². The van der Waals surface area contributed by atoms with E-state index in [2.05, 4.69) is 12.1 Å². The standard InChI is InChI=1S/C19H20O3S/c20-19(15-10-16-8-9-17(11-15)23(16,21)22)12-14-6-3-5-13-4-1-2-7-18(13)14/h1-7,15-17H,8-12H2. The molecule has 0 N–H and O–H groups in total. The summed E-state index contributed by atoms with van der Waals surface area (Å²) in [5.41, 5.74) is 1.05. The number of carbonyl (C=O) groups is 1. The van der Waals surface area contributed by atoms with Crippen LogP contribution in [0.4, 0.5) is 0 Å². The van der Waals surface area contributed by atoms with E-state index in [0.29, 0.717) is 19.3 Å². The van der Waals surface area contributed by atoms with E-state index < -0.39 is 9.84 Å². The van der Waals surface area contributed by atoms with Gasteiger partial charge in [0.05, 0.1) is 10.5 Å². The predicted octanol–water partition coefficient (Wildman–Crippen LogP) is 3.31. The summed E-state index contributed by atoms with van der Waals surface area (Å²) in [5.74, 6) is 0.114. The lowest BCUT2D eigenvalue weighted by molar-refractivity contribution is -0.122. The average Bonchev–Trinajstić information content (AvgIpc) is 2.73. The minimum atomic E-state index is -2.96. The number of fused-ring (bicyclic) bond motifs is 3. The summed E-state index contributed by atoms with van der Waals surface area (Å²) in [6.45, 7) is 0. The number of benzene rings is 2. The first kappa shape index (κ1) is 14.9. The Balaban J connectivity index is 1.57. The third-order valence-electron chi connectivity index (χ3n) is 5.53. The van der Waals surface area contributed by atoms with Crippen LogP contribution in [0.3, 0.4) is 0 Å². The van der Waals surface area contributed by atoms with Crippen LogP contribution in [0.15, 0.2) is 42.5 Å². The van der Waals surface area contributed by atoms with Gasteiger partial charge in [-0.3, -0.25) is 4.79 Å². The molecule has 0 saturated carbocycles. The van der Waals surface area contributed by atoms with Crippen LogP contribution in [-0.4, -0.2) is 24.7 Å². The molecule has 3 nitrogen and oxygen atoms in total. The van der Waals surface area contributed by atoms with Crippen LogP contribution in [-0.2, 0) is 21.1 Å². The molecular weight excluding hydrogens is 308 g/mol. The zero-order valence-electron chi connectivity index (χ0n) is 12.9. The highest BCUT2D eigenvalue weighted by atomic mass is 32.2. The highest BCUT2D eigenvalue weighted by molar-refractivity contribution is 7.93. The molecule has 23 heavy (non-hydrogen) atoms. The van der Waals surface area contributed by atoms with Crippen LogP contribution >= 0.6 is 0 Å². The molecule has 120 valence electrons. The zero-order chi connectivity index (χ0) is 16.0. The fourth-order valence-electron chi connectivity index (χ4n) is 4.25. The van der Waals surface area contributed by atoms with Crippen LogP contribution in [0.5, 0.6) is 0 Å². The van der Waals surface area contributed by atoms with E-state index in [1.165, 1.54) is 0 Å². The molecule has 0 spiro atoms. The molecule has 0 aromatic heterocycles. The second kappa shape index (κ2) is 5.45. The van der Waals surface area contributed by atoms with Gasteiger partial charge in [0.25, 0.3) is 0 Å². The average molecular weight is 328 g/mol. The van der Waals surface area contributed by atoms with Crippen molar-refractivity contribution in [3.8, 4) is 0 Å². The molecule has 2 fully saturated rings. The number of Topliss-reactive ketones (excluding diaryl/α,β-unsaturated/α-hetero) is 1. The summed E-state index contributed by atoms with van der Waals surface area (Å²) >= 11 is 0. The van der Waals surface area contributed by atoms with Gasteiger partial charge < -0.3 is 0 Å². The van der Waals surface area contributed by atoms with Gasteiger partial charge in [0, 0.05) is 12.3 Å². The van der Waals surface area contributed by atoms with E-state index in [9.17, 15) is 13.2 Å². The van der Waals surface area contributed by atoms with E-state index >= 15 is 0 Å². The van der Waals surface area contributed by atoms with Gasteiger partial charge in [-0.1, -0.05) is 42.5 Å². The van der Waals surface area contributed by atoms with Crippen LogP contribution in [0, 0.1) is 5.92 Å². The van der Waals surface area contributed by atoms with E-state index in [1.54, 1.807) is 0 Å². The first-order chi connectivity index (χ1) is 11.1. The number of sulfone groups is 1. The van der Waals surface area contributed by atoms with Crippen molar-refractivity contribution in [3.05, 3.63) is 48.0 Å². The van der Waals surface area contributed by atoms with Gasteiger partial charge in [-0.05, 0) is 42.0 Å². The van der Waals surface area contributed by atoms with Crippen molar-refractivity contribution in [1.82, 2.24) is 0 Å². The minimum Gasteiger partial charge on any atom is -0.299 e. The number of hydrogen-bond donors (Lipinski definition) is 0. The van der Waals surface area contributed by atoms with Crippen LogP contribution in [0.2, 0.25) is 0 Å². The zero-order valence-corrected chi connectivity index (χ0v) is 13.8. The monoisotopic (exact) mass is 328 g/mol. The second-order valence-electron chi connectivity index (χ2n) is 6.86. The Morgan fingerprint density at radius 2 is 1.61 bits per heavy atom. The number of carbonyl (C=O) groups excluding carboxylic acids is 1. The van der Waals surface area contributed by atoms with Crippen molar-refractivity contribution >= 4 is 26.4 Å². The molecule has 2 atom stereocenters. The Hall–Kier alpha value is -1.68. The van der Waals surface area contributed by atoms with Gasteiger partial charge >= 0.3 is 0 Å². The number of hydrogen-bond acceptors (Lipinski definition) is 3. The van der Waals surface area contributed by atoms with Crippen LogP contribution < -0.4 is 0 Å². The number of rotatable bonds is 3. The third-order valence-corrected chi connectivity index (χ3v) is 8.25. The molecule has 0 radical (unpaired) electrons. The van der Waals surface area contributed by atoms with Gasteiger partial charge in [0.1, 0.15) is 5.78 Å². The van der Waals surface area contributed by atoms with Gasteiger partial charge in [-0.25, -0.2) is 8.42 Å². The third kappa shape index (κ3) is 2.49. The predicted molar refractivity (Wildman–Crippen MR) is 91.1 cm³/mol. The Bertz CT molecular complexity index is 844. The molecule has 4 rings (SSSR count). The molecule has 0 amide bonds. The maximum Gasteiger partial charge on any atom is 0.156 e. The van der Waals surface area contributed by atoms with E-state index in [0.717, 1.165) is 29.2 Å². The summed E-state index contributed by atoms with van der Waals surface area (Å²) in [6, 6.07) is 14.1. The van der Waals surface area contributed by atoms with Crippen molar-refractivity contribution in [2.75, 3.05) is 0 Å². The van der Waals surface area contributed by atoms with Gasteiger partial charge in [-0.2, -0.15) is 0 Å². The summed E-state index contributed by atoms with van der Waals surface area (Å²) in [6.07, 6.45) is 2.95. The quantitative estimate of drug-likeness (QED) is 0.868. The maximum absolute atomic E-state index is 12.7. The lowest BCUT2D eigenvalue weighted by Crippen LogP contribution is -2.36. The topological polar surface area (TPSA) is 51.2 Å². The van der Waals surface area contributed by atoms with Gasteiger partial charge in [0.15, 0.2) is 9.84 Å². The highest BCUT2D eigenvalue weighted by Gasteiger charge is 2.48. The van der Waals surface area contributed by atoms with Gasteiger partial charge in [-0.15, -0.1) is 0 Å². The molecule has 0 aliphatic carbocycles. The molecule has 2 unspecified atom stereocenters. The molecule has 2 aromatic carbocycles. The first-order valence-electron chi connectivity index (χ1n) is 8.28. The molecule has 2 bridgehead atoms. The smallest absolute Gasteiger partial charge is 0.156 e. The summed E-state index contributed by atoms with van der Waals surface area (Å²) in [5, 5.41) is 1.71. The van der Waals surface area contributed by atoms with E-state index in [-0.39, 0.29) is 22.2 Å². The summed E-state index contributed by atoms with van der Waals surface area (Å²) in [4.78, 5) is 12.7. The van der Waals surface area contributed by atoms with Crippen molar-refractivity contribution in [1.29, 1.82) is 0 Å². The van der Waals surface area contributed by atoms with E-state index in [1.807, 2.05) is 30.3 Å². The van der Waals surface area contributed by atoms with E-state index in [4.69, 9.17) is 0 Å². The molecular formula is C19H20O3S. The maximum atomic E-state index is 12.7. The fraction of sp³-hybridized carbons (Fsp3) is 0.421. The Morgan fingerprint density at radius 1 is 0.957 bits per heavy atom. The Morgan fingerprint density at radius 3 is 2.35 bits per heavy atom. The molecule has 2 aliphatic heterocycles. The lowest BCUT2D eigenvalue weighted by Gasteiger charge is -2.27. The van der Waals surface area contributed by atoms with Gasteiger partial charge in [0.2, 0.25) is 0 Å². The largest absolute Gasteiger partial charge is 0.299 e. The first-order valence-corrected chi connectivity index (χ1v) is 9.88. The fourth-order valence-corrected chi connectivity index (χ4v) is 6.72. The molecule has 2 saturated heterocycles. The van der Waals surface area contributed by atoms with Crippen LogP contribution in [0.1, 0.15) is 31.2 Å². The minimum absolute atomic E-state index is 0.0880. The lowest BCUT2D eigenvalue weighted by atomic mass is 9.89. The second-order valence-corrected chi connectivity index (χ2v) is 9.37. The molecule has 2 aliphatic rings. The summed E-state index contributed by atoms with van der Waals surface area (Å²) in [7, 11) is -2.96. The SMILES string of the molecule is O=C(Cc1cccc2ccccc12)C1CC2CCC(C1)S2(=O)=O. The Kier molecular flexibility index (Phi) is 3.52. The van der Waals surface area contributed by atoms with Crippen molar-refractivity contribution in [2.45, 2.75) is 42.6 Å². The number of ketones is 1. The molecule has 4 heteroatoms. The Labute approximate surface area is 136 Å². The highest BCUT2D eigenvalue weighted by Crippen LogP contribution is 2.41. The van der Waals surface area contributed by atoms with Crippen molar-refractivity contribution in [3.63, 3.8) is 0 Å². The normalized spacial score (nSPS) is 28.8.